The Morgan fingerprint density at radius 1 is 1.47 bits per heavy atom. The highest BCUT2D eigenvalue weighted by molar-refractivity contribution is 14.1. The summed E-state index contributed by atoms with van der Waals surface area (Å²) >= 11 is 8.38. The lowest BCUT2D eigenvalue weighted by molar-refractivity contribution is 0.364. The highest BCUT2D eigenvalue weighted by atomic mass is 127. The van der Waals surface area contributed by atoms with Gasteiger partial charge in [-0.2, -0.15) is 5.26 Å². The van der Waals surface area contributed by atoms with Gasteiger partial charge >= 0.3 is 0 Å². The van der Waals surface area contributed by atoms with Crippen LogP contribution in [0.15, 0.2) is 18.2 Å². The number of nitriles is 1. The van der Waals surface area contributed by atoms with Gasteiger partial charge in [0.1, 0.15) is 0 Å². The molecule has 0 spiro atoms. The number of hydrogen-bond acceptors (Lipinski definition) is 2. The first-order valence-corrected chi connectivity index (χ1v) is 6.96. The van der Waals surface area contributed by atoms with Crippen LogP contribution in [0.3, 0.4) is 0 Å². The predicted octanol–water partition coefficient (Wildman–Crippen LogP) is 4.69. The van der Waals surface area contributed by atoms with Gasteiger partial charge in [0.15, 0.2) is 0 Å². The second-order valence-electron chi connectivity index (χ2n) is 4.80. The SMILES string of the molecule is CC(C)(CCC#N)CNc1ccc(I)cc1Cl. The molecule has 0 bridgehead atoms. The second-order valence-corrected chi connectivity index (χ2v) is 6.45. The number of nitrogens with zero attached hydrogens (tertiary/aromatic N) is 1. The standard InChI is InChI=1S/C13H16ClIN2/c1-13(2,6-3-7-16)9-17-12-5-4-10(15)8-11(12)14/h4-5,8,17H,3,6,9H2,1-2H3. The molecule has 0 saturated heterocycles. The molecule has 0 saturated carbocycles. The van der Waals surface area contributed by atoms with E-state index in [0.29, 0.717) is 6.42 Å². The van der Waals surface area contributed by atoms with Crippen LogP contribution in [0.1, 0.15) is 26.7 Å². The van der Waals surface area contributed by atoms with Crippen LogP contribution in [-0.2, 0) is 0 Å². The molecule has 92 valence electrons. The highest BCUT2D eigenvalue weighted by Crippen LogP contribution is 2.27. The van der Waals surface area contributed by atoms with Gasteiger partial charge in [-0.3, -0.25) is 0 Å². The minimum absolute atomic E-state index is 0.0993. The summed E-state index contributed by atoms with van der Waals surface area (Å²) in [7, 11) is 0. The van der Waals surface area contributed by atoms with Crippen molar-refractivity contribution in [3.8, 4) is 6.07 Å². The number of benzene rings is 1. The van der Waals surface area contributed by atoms with E-state index < -0.39 is 0 Å². The lowest BCUT2D eigenvalue weighted by Gasteiger charge is -2.24. The molecular weight excluding hydrogens is 347 g/mol. The molecule has 0 unspecified atom stereocenters. The molecule has 0 radical (unpaired) electrons. The Morgan fingerprint density at radius 2 is 2.18 bits per heavy atom. The third-order valence-corrected chi connectivity index (χ3v) is 3.59. The van der Waals surface area contributed by atoms with Gasteiger partial charge in [-0.1, -0.05) is 25.4 Å². The van der Waals surface area contributed by atoms with Crippen molar-refractivity contribution in [2.24, 2.45) is 5.41 Å². The number of halogens is 2. The first-order chi connectivity index (χ1) is 7.94. The summed E-state index contributed by atoms with van der Waals surface area (Å²) < 4.78 is 1.13. The topological polar surface area (TPSA) is 35.8 Å². The van der Waals surface area contributed by atoms with Crippen LogP contribution in [0.5, 0.6) is 0 Å². The van der Waals surface area contributed by atoms with Gasteiger partial charge in [0, 0.05) is 16.5 Å². The average molecular weight is 363 g/mol. The van der Waals surface area contributed by atoms with Gasteiger partial charge in [0.2, 0.25) is 0 Å². The average Bonchev–Trinajstić information content (AvgIpc) is 2.25. The molecule has 17 heavy (non-hydrogen) atoms. The van der Waals surface area contributed by atoms with E-state index in [1.165, 1.54) is 0 Å². The van der Waals surface area contributed by atoms with E-state index in [1.807, 2.05) is 18.2 Å². The Morgan fingerprint density at radius 3 is 2.76 bits per heavy atom. The van der Waals surface area contributed by atoms with Crippen molar-refractivity contribution < 1.29 is 0 Å². The summed E-state index contributed by atoms with van der Waals surface area (Å²) in [5.41, 5.74) is 1.05. The summed E-state index contributed by atoms with van der Waals surface area (Å²) in [6.45, 7) is 5.12. The van der Waals surface area contributed by atoms with Gasteiger partial charge in [0.05, 0.1) is 16.8 Å². The summed E-state index contributed by atoms with van der Waals surface area (Å²) in [6, 6.07) is 8.14. The smallest absolute Gasteiger partial charge is 0.0648 e. The van der Waals surface area contributed by atoms with Crippen molar-refractivity contribution >= 4 is 39.9 Å². The molecule has 0 aliphatic heterocycles. The molecule has 1 aromatic rings. The Balaban J connectivity index is 2.58. The van der Waals surface area contributed by atoms with Gasteiger partial charge in [0.25, 0.3) is 0 Å². The van der Waals surface area contributed by atoms with Gasteiger partial charge < -0.3 is 5.32 Å². The van der Waals surface area contributed by atoms with E-state index in [9.17, 15) is 0 Å². The molecule has 0 fully saturated rings. The van der Waals surface area contributed by atoms with Gasteiger partial charge in [-0.15, -0.1) is 0 Å². The number of anilines is 1. The summed E-state index contributed by atoms with van der Waals surface area (Å²) in [5, 5.41) is 12.7. The molecule has 0 atom stereocenters. The number of rotatable bonds is 5. The van der Waals surface area contributed by atoms with Crippen molar-refractivity contribution in [1.82, 2.24) is 0 Å². The van der Waals surface area contributed by atoms with Crippen LogP contribution in [-0.4, -0.2) is 6.54 Å². The Kier molecular flexibility index (Phi) is 5.54. The molecule has 0 heterocycles. The lowest BCUT2D eigenvalue weighted by Crippen LogP contribution is -2.23. The molecule has 2 nitrogen and oxygen atoms in total. The fourth-order valence-electron chi connectivity index (χ4n) is 1.45. The normalized spacial score (nSPS) is 11.0. The maximum Gasteiger partial charge on any atom is 0.0648 e. The Hall–Kier alpha value is -0.470. The van der Waals surface area contributed by atoms with E-state index in [-0.39, 0.29) is 5.41 Å². The fraction of sp³-hybridized carbons (Fsp3) is 0.462. The van der Waals surface area contributed by atoms with Crippen molar-refractivity contribution in [2.45, 2.75) is 26.7 Å². The molecule has 1 rings (SSSR count). The van der Waals surface area contributed by atoms with Crippen LogP contribution < -0.4 is 5.32 Å². The Labute approximate surface area is 121 Å². The van der Waals surface area contributed by atoms with Gasteiger partial charge in [-0.25, -0.2) is 0 Å². The van der Waals surface area contributed by atoms with E-state index >= 15 is 0 Å². The fourth-order valence-corrected chi connectivity index (χ4v) is 2.37. The van der Waals surface area contributed by atoms with Crippen molar-refractivity contribution in [3.63, 3.8) is 0 Å². The van der Waals surface area contributed by atoms with Crippen LogP contribution in [0.2, 0.25) is 5.02 Å². The molecule has 0 aliphatic carbocycles. The zero-order chi connectivity index (χ0) is 12.9. The van der Waals surface area contributed by atoms with E-state index in [2.05, 4.69) is 47.8 Å². The van der Waals surface area contributed by atoms with Crippen molar-refractivity contribution in [3.05, 3.63) is 26.8 Å². The lowest BCUT2D eigenvalue weighted by atomic mass is 9.88. The minimum atomic E-state index is 0.0993. The third-order valence-electron chi connectivity index (χ3n) is 2.60. The first-order valence-electron chi connectivity index (χ1n) is 5.50. The maximum atomic E-state index is 8.60. The number of hydrogen-bond donors (Lipinski definition) is 1. The first kappa shape index (κ1) is 14.6. The molecule has 1 N–H and O–H groups in total. The highest BCUT2D eigenvalue weighted by Gasteiger charge is 2.17. The van der Waals surface area contributed by atoms with Crippen molar-refractivity contribution in [1.29, 1.82) is 5.26 Å². The summed E-state index contributed by atoms with van der Waals surface area (Å²) in [4.78, 5) is 0. The summed E-state index contributed by atoms with van der Waals surface area (Å²) in [5.74, 6) is 0. The van der Waals surface area contributed by atoms with Crippen LogP contribution >= 0.6 is 34.2 Å². The number of nitrogens with one attached hydrogen (secondary N) is 1. The van der Waals surface area contributed by atoms with E-state index in [0.717, 1.165) is 27.2 Å². The van der Waals surface area contributed by atoms with E-state index in [4.69, 9.17) is 16.9 Å². The summed E-state index contributed by atoms with van der Waals surface area (Å²) in [6.07, 6.45) is 1.48. The monoisotopic (exact) mass is 362 g/mol. The molecule has 1 aromatic carbocycles. The molecular formula is C13H16ClIN2. The predicted molar refractivity (Wildman–Crippen MR) is 81.3 cm³/mol. The third kappa shape index (κ3) is 5.13. The van der Waals surface area contributed by atoms with Crippen molar-refractivity contribution in [2.75, 3.05) is 11.9 Å². The minimum Gasteiger partial charge on any atom is -0.383 e. The zero-order valence-electron chi connectivity index (χ0n) is 10.1. The molecule has 0 aliphatic rings. The molecule has 0 amide bonds. The Bertz CT molecular complexity index is 424. The van der Waals surface area contributed by atoms with Gasteiger partial charge in [-0.05, 0) is 52.6 Å². The maximum absolute atomic E-state index is 8.60. The molecule has 4 heteroatoms. The van der Waals surface area contributed by atoms with Crippen LogP contribution in [0, 0.1) is 20.3 Å². The largest absolute Gasteiger partial charge is 0.383 e. The van der Waals surface area contributed by atoms with Crippen LogP contribution in [0.4, 0.5) is 5.69 Å². The molecule has 0 aromatic heterocycles. The second kappa shape index (κ2) is 6.46. The van der Waals surface area contributed by atoms with Crippen LogP contribution in [0.25, 0.3) is 0 Å². The zero-order valence-corrected chi connectivity index (χ0v) is 13.0. The van der Waals surface area contributed by atoms with E-state index in [1.54, 1.807) is 0 Å². The quantitative estimate of drug-likeness (QED) is 0.772.